The van der Waals surface area contributed by atoms with Gasteiger partial charge in [-0.2, -0.15) is 11.8 Å². The number of thioether (sulfide) groups is 1. The lowest BCUT2D eigenvalue weighted by molar-refractivity contribution is 0.0998. The summed E-state index contributed by atoms with van der Waals surface area (Å²) >= 11 is 2.17. The van der Waals surface area contributed by atoms with E-state index in [0.29, 0.717) is 11.3 Å². The van der Waals surface area contributed by atoms with Crippen LogP contribution in [-0.4, -0.2) is 29.8 Å². The molecule has 2 aliphatic rings. The molecule has 2 fully saturated rings. The van der Waals surface area contributed by atoms with Crippen LogP contribution < -0.4 is 5.73 Å². The Hall–Kier alpha value is 0.270. The highest BCUT2D eigenvalue weighted by Crippen LogP contribution is 2.32. The highest BCUT2D eigenvalue weighted by atomic mass is 32.2. The number of hydrogen-bond acceptors (Lipinski definition) is 3. The van der Waals surface area contributed by atoms with E-state index in [2.05, 4.69) is 11.8 Å². The molecule has 3 heteroatoms. The topological polar surface area (TPSA) is 35.2 Å². The molecule has 1 saturated heterocycles. The predicted octanol–water partition coefficient (Wildman–Crippen LogP) is 2.95. The molecule has 0 aromatic carbocycles. The second-order valence-corrected chi connectivity index (χ2v) is 6.69. The van der Waals surface area contributed by atoms with Crippen LogP contribution >= 0.6 is 11.8 Å². The zero-order valence-corrected chi connectivity index (χ0v) is 11.0. The Morgan fingerprint density at radius 2 is 1.56 bits per heavy atom. The van der Waals surface area contributed by atoms with Gasteiger partial charge in [0.2, 0.25) is 0 Å². The van der Waals surface area contributed by atoms with Gasteiger partial charge in [-0.1, -0.05) is 25.7 Å². The van der Waals surface area contributed by atoms with Crippen molar-refractivity contribution in [2.75, 3.05) is 13.2 Å². The van der Waals surface area contributed by atoms with E-state index < -0.39 is 0 Å². The average molecular weight is 243 g/mol. The molecule has 0 spiro atoms. The third-order valence-corrected chi connectivity index (χ3v) is 5.58. The molecule has 16 heavy (non-hydrogen) atoms. The van der Waals surface area contributed by atoms with E-state index in [0.717, 1.165) is 18.5 Å². The van der Waals surface area contributed by atoms with Crippen molar-refractivity contribution in [2.45, 2.75) is 67.9 Å². The first-order valence-electron chi connectivity index (χ1n) is 6.85. The fourth-order valence-electron chi connectivity index (χ4n) is 2.71. The lowest BCUT2D eigenvalue weighted by Gasteiger charge is -2.31. The monoisotopic (exact) mass is 243 g/mol. The largest absolute Gasteiger partial charge is 0.381 e. The minimum Gasteiger partial charge on any atom is -0.381 e. The van der Waals surface area contributed by atoms with E-state index in [-0.39, 0.29) is 0 Å². The Morgan fingerprint density at radius 1 is 0.875 bits per heavy atom. The summed E-state index contributed by atoms with van der Waals surface area (Å²) in [6.07, 6.45) is 10.6. The van der Waals surface area contributed by atoms with Crippen molar-refractivity contribution in [3.63, 3.8) is 0 Å². The third-order valence-electron chi connectivity index (χ3n) is 3.79. The summed E-state index contributed by atoms with van der Waals surface area (Å²) in [5.74, 6) is 0. The van der Waals surface area contributed by atoms with E-state index >= 15 is 0 Å². The summed E-state index contributed by atoms with van der Waals surface area (Å²) in [5, 5.41) is 1.52. The van der Waals surface area contributed by atoms with Gasteiger partial charge in [0.1, 0.15) is 0 Å². The summed E-state index contributed by atoms with van der Waals surface area (Å²) < 4.78 is 5.42. The van der Waals surface area contributed by atoms with Gasteiger partial charge >= 0.3 is 0 Å². The van der Waals surface area contributed by atoms with Crippen LogP contribution in [0.1, 0.15) is 51.4 Å². The standard InChI is InChI=1S/C13H25NOS/c14-12-5-3-1-2-4-6-13(12)16-11-7-9-15-10-8-11/h11-13H,1-10,14H2. The third kappa shape index (κ3) is 3.94. The number of hydrogen-bond donors (Lipinski definition) is 1. The molecule has 0 aromatic rings. The van der Waals surface area contributed by atoms with Crippen LogP contribution in [-0.2, 0) is 4.74 Å². The van der Waals surface area contributed by atoms with Crippen molar-refractivity contribution >= 4 is 11.8 Å². The summed E-state index contributed by atoms with van der Waals surface area (Å²) in [5.41, 5.74) is 6.31. The maximum absolute atomic E-state index is 6.31. The number of rotatable bonds is 2. The smallest absolute Gasteiger partial charge is 0.0476 e. The minimum atomic E-state index is 0.438. The normalized spacial score (nSPS) is 34.3. The Kier molecular flexibility index (Phi) is 5.46. The lowest BCUT2D eigenvalue weighted by atomic mass is 9.97. The lowest BCUT2D eigenvalue weighted by Crippen LogP contribution is -2.35. The van der Waals surface area contributed by atoms with Crippen LogP contribution in [0.5, 0.6) is 0 Å². The zero-order chi connectivity index (χ0) is 11.2. The van der Waals surface area contributed by atoms with Gasteiger partial charge in [0, 0.05) is 29.8 Å². The highest BCUT2D eigenvalue weighted by molar-refractivity contribution is 8.00. The van der Waals surface area contributed by atoms with Gasteiger partial charge in [0.05, 0.1) is 0 Å². The Balaban J connectivity index is 1.79. The second kappa shape index (κ2) is 6.87. The Labute approximate surface area is 104 Å². The van der Waals surface area contributed by atoms with E-state index in [9.17, 15) is 0 Å². The molecule has 1 aliphatic heterocycles. The van der Waals surface area contributed by atoms with E-state index in [1.165, 1.54) is 51.4 Å². The fraction of sp³-hybridized carbons (Fsp3) is 1.00. The second-order valence-electron chi connectivity index (χ2n) is 5.14. The molecule has 2 nitrogen and oxygen atoms in total. The van der Waals surface area contributed by atoms with Crippen LogP contribution in [0.15, 0.2) is 0 Å². The quantitative estimate of drug-likeness (QED) is 0.810. The van der Waals surface area contributed by atoms with Crippen molar-refractivity contribution in [3.8, 4) is 0 Å². The SMILES string of the molecule is NC1CCCCCCC1SC1CCOCC1. The molecule has 94 valence electrons. The van der Waals surface area contributed by atoms with Crippen LogP contribution in [0.2, 0.25) is 0 Å². The van der Waals surface area contributed by atoms with Crippen LogP contribution in [0.3, 0.4) is 0 Å². The predicted molar refractivity (Wildman–Crippen MR) is 70.9 cm³/mol. The summed E-state index contributed by atoms with van der Waals surface area (Å²) in [6, 6.07) is 0.438. The van der Waals surface area contributed by atoms with E-state index in [1.54, 1.807) is 0 Å². The van der Waals surface area contributed by atoms with Crippen molar-refractivity contribution < 1.29 is 4.74 Å². The van der Waals surface area contributed by atoms with Gasteiger partial charge in [-0.25, -0.2) is 0 Å². The molecular weight excluding hydrogens is 218 g/mol. The molecule has 0 bridgehead atoms. The molecule has 0 aromatic heterocycles. The van der Waals surface area contributed by atoms with Crippen molar-refractivity contribution in [2.24, 2.45) is 5.73 Å². The van der Waals surface area contributed by atoms with Gasteiger partial charge in [0.25, 0.3) is 0 Å². The maximum Gasteiger partial charge on any atom is 0.0476 e. The minimum absolute atomic E-state index is 0.438. The first kappa shape index (κ1) is 12.7. The molecule has 0 amide bonds. The van der Waals surface area contributed by atoms with Gasteiger partial charge in [-0.3, -0.25) is 0 Å². The molecular formula is C13H25NOS. The van der Waals surface area contributed by atoms with E-state index in [1.807, 2.05) is 0 Å². The maximum atomic E-state index is 6.31. The van der Waals surface area contributed by atoms with Crippen molar-refractivity contribution in [3.05, 3.63) is 0 Å². The fourth-order valence-corrected chi connectivity index (χ4v) is 4.31. The molecule has 1 saturated carbocycles. The van der Waals surface area contributed by atoms with Crippen LogP contribution in [0.25, 0.3) is 0 Å². The van der Waals surface area contributed by atoms with Crippen molar-refractivity contribution in [1.29, 1.82) is 0 Å². The number of nitrogens with two attached hydrogens (primary N) is 1. The summed E-state index contributed by atoms with van der Waals surface area (Å²) in [7, 11) is 0. The summed E-state index contributed by atoms with van der Waals surface area (Å²) in [6.45, 7) is 1.92. The molecule has 0 radical (unpaired) electrons. The summed E-state index contributed by atoms with van der Waals surface area (Å²) in [4.78, 5) is 0. The molecule has 2 atom stereocenters. The highest BCUT2D eigenvalue weighted by Gasteiger charge is 2.24. The van der Waals surface area contributed by atoms with Crippen LogP contribution in [0.4, 0.5) is 0 Å². The van der Waals surface area contributed by atoms with E-state index in [4.69, 9.17) is 10.5 Å². The molecule has 2 unspecified atom stereocenters. The molecule has 2 rings (SSSR count). The zero-order valence-electron chi connectivity index (χ0n) is 10.2. The Morgan fingerprint density at radius 3 is 2.31 bits per heavy atom. The first-order chi connectivity index (χ1) is 7.86. The van der Waals surface area contributed by atoms with Gasteiger partial charge < -0.3 is 10.5 Å². The molecule has 1 aliphatic carbocycles. The molecule has 2 N–H and O–H groups in total. The first-order valence-corrected chi connectivity index (χ1v) is 7.79. The van der Waals surface area contributed by atoms with Gasteiger partial charge in [-0.15, -0.1) is 0 Å². The van der Waals surface area contributed by atoms with Crippen LogP contribution in [0, 0.1) is 0 Å². The molecule has 1 heterocycles. The van der Waals surface area contributed by atoms with Gasteiger partial charge in [-0.05, 0) is 25.7 Å². The van der Waals surface area contributed by atoms with Gasteiger partial charge in [0.15, 0.2) is 0 Å². The average Bonchev–Trinajstić information content (AvgIpc) is 2.30. The Bertz CT molecular complexity index is 194. The number of ether oxygens (including phenoxy) is 1. The van der Waals surface area contributed by atoms with Crippen molar-refractivity contribution in [1.82, 2.24) is 0 Å².